The molecule has 2 saturated heterocycles. The summed E-state index contributed by atoms with van der Waals surface area (Å²) < 4.78 is 23.4. The summed E-state index contributed by atoms with van der Waals surface area (Å²) in [5, 5.41) is 25.1. The third kappa shape index (κ3) is 22.0. The second kappa shape index (κ2) is 38.6. The van der Waals surface area contributed by atoms with Gasteiger partial charge in [-0.15, -0.1) is 0 Å². The van der Waals surface area contributed by atoms with Gasteiger partial charge in [0.2, 0.25) is 41.4 Å². The van der Waals surface area contributed by atoms with Crippen molar-refractivity contribution in [2.75, 3.05) is 59.9 Å². The number of likely N-dealkylation sites (N-methyl/N-ethyl adjacent to an activating group) is 2. The molecule has 2 aliphatic heterocycles. The van der Waals surface area contributed by atoms with E-state index in [4.69, 9.17) is 24.7 Å². The lowest BCUT2D eigenvalue weighted by Gasteiger charge is -2.41. The number of primary amides is 1. The molecule has 0 spiro atoms. The molecule has 0 radical (unpaired) electrons. The molecule has 530 valence electrons. The Morgan fingerprint density at radius 1 is 0.750 bits per heavy atom. The number of aliphatic hydroxyl groups is 1. The van der Waals surface area contributed by atoms with Crippen LogP contribution in [0.1, 0.15) is 143 Å². The van der Waals surface area contributed by atoms with Gasteiger partial charge in [0.1, 0.15) is 43.1 Å². The van der Waals surface area contributed by atoms with E-state index < -0.39 is 114 Å². The summed E-state index contributed by atoms with van der Waals surface area (Å²) in [5.41, 5.74) is 7.84. The number of nitrogens with zero attached hydrogens (tertiary/aromatic N) is 4. The van der Waals surface area contributed by atoms with E-state index >= 15 is 0 Å². The van der Waals surface area contributed by atoms with Crippen LogP contribution in [-0.4, -0.2) is 187 Å². The lowest BCUT2D eigenvalue weighted by Crippen LogP contribution is -2.60. The minimum atomic E-state index is -1.07. The molecule has 3 aromatic carbocycles. The molecule has 10 amide bonds. The molecule has 13 atom stereocenters. The number of methoxy groups -OCH3 is 2. The van der Waals surface area contributed by atoms with E-state index in [1.807, 2.05) is 77.1 Å². The smallest absolute Gasteiger partial charge is 0.410 e. The molecule has 24 heteroatoms. The van der Waals surface area contributed by atoms with Crippen LogP contribution >= 0.6 is 0 Å². The number of ether oxygens (including phenoxy) is 4. The minimum absolute atomic E-state index is 0.0850. The van der Waals surface area contributed by atoms with E-state index in [9.17, 15) is 48.3 Å². The Labute approximate surface area is 567 Å². The third-order valence-corrected chi connectivity index (χ3v) is 18.7. The Hall–Kier alpha value is -8.09. The molecule has 0 unspecified atom stereocenters. The summed E-state index contributed by atoms with van der Waals surface area (Å²) in [5.74, 6) is -4.08. The van der Waals surface area contributed by atoms with Crippen molar-refractivity contribution >= 4 is 59.2 Å². The summed E-state index contributed by atoms with van der Waals surface area (Å²) in [6.45, 7) is 21.4. The molecule has 24 nitrogen and oxygen atoms in total. The number of aliphatic hydroxyl groups excluding tert-OH is 1. The van der Waals surface area contributed by atoms with Gasteiger partial charge < -0.3 is 71.1 Å². The number of amides is 10. The zero-order valence-corrected chi connectivity index (χ0v) is 58.7. The van der Waals surface area contributed by atoms with Gasteiger partial charge in [-0.1, -0.05) is 129 Å². The van der Waals surface area contributed by atoms with E-state index in [0.29, 0.717) is 93.6 Å². The second-order valence-electron chi connectivity index (χ2n) is 26.2. The number of anilines is 1. The fraction of sp³-hybridized carbons (Fsp3) is 0.597. The maximum Gasteiger partial charge on any atom is 0.410 e. The maximum atomic E-state index is 14.8. The SMILES string of the molecule is C=CCOc1ccc(C[C@H](CC)C(=O)N2CCC[C@H]2C(=O)N[C@@H](CCCNC(N)=O)C(=O)Nc2ccc(COC(=O)N(C)[C@H](C(=O)N[C@H](C(=O)N(C)[C@@H]([C@@H](C)CC)[C@@H](CC(=O)N3CCC[C@H]3[C@H](OC)[C@@H](C)C(=O)N[C@H](C)[C@@H](O)c3ccccc3)OC)C(C)C)C(C)C)cc2)cc1. The number of urea groups is 1. The standard InChI is InChI=1S/C72H108N10O14/c1-15-40-95-54-35-31-49(32-36-54)41-51(17-3)69(89)82-39-23-28-57(82)67(87)77-55(26-21-37-74-71(73)91)66(86)76-53-33-29-50(30-34-53)43-96-72(92)80(12)61(45(6)7)68(88)78-60(44(4)5)70(90)79(11)62(46(8)16-2)58(93-13)42-59(83)81-38-22-27-56(81)64(94-14)47(9)65(85)75-48(10)63(84)52-24-19-18-20-25-52/h15,18-20,24-25,29-36,44-48,51,55-58,60-64,84H,1,16-17,21-23,26-28,37-43H2,2-14H3,(H,75,85)(H,76,86)(H,77,87)(H,78,88)(H3,73,74,91)/t46-,47+,48+,51-,55-,56-,57-,58+,60-,61-,62-,63+,64+/m0/s1. The highest BCUT2D eigenvalue weighted by Crippen LogP contribution is 2.31. The van der Waals surface area contributed by atoms with Crippen molar-refractivity contribution in [2.45, 2.75) is 194 Å². The first kappa shape index (κ1) is 78.6. The number of likely N-dealkylation sites (tertiary alicyclic amines) is 2. The van der Waals surface area contributed by atoms with Crippen molar-refractivity contribution < 1.29 is 67.2 Å². The van der Waals surface area contributed by atoms with Gasteiger partial charge in [0.25, 0.3) is 0 Å². The normalized spacial score (nSPS) is 18.0. The van der Waals surface area contributed by atoms with Gasteiger partial charge in [-0.2, -0.15) is 0 Å². The first-order valence-electron chi connectivity index (χ1n) is 33.9. The van der Waals surface area contributed by atoms with Crippen LogP contribution in [0.4, 0.5) is 15.3 Å². The van der Waals surface area contributed by atoms with Gasteiger partial charge in [0.15, 0.2) is 0 Å². The first-order chi connectivity index (χ1) is 45.7. The highest BCUT2D eigenvalue weighted by molar-refractivity contribution is 5.99. The maximum absolute atomic E-state index is 14.8. The number of rotatable bonds is 37. The van der Waals surface area contributed by atoms with Crippen molar-refractivity contribution in [1.29, 1.82) is 0 Å². The number of nitrogens with two attached hydrogens (primary N) is 1. The fourth-order valence-corrected chi connectivity index (χ4v) is 13.0. The van der Waals surface area contributed by atoms with Gasteiger partial charge in [0, 0.05) is 59.6 Å². The number of benzene rings is 3. The molecule has 0 aliphatic carbocycles. The number of carbonyl (C=O) groups excluding carboxylic acids is 9. The Balaban J connectivity index is 1.19. The average molecular weight is 1340 g/mol. The molecular formula is C72H108N10O14. The summed E-state index contributed by atoms with van der Waals surface area (Å²) in [6.07, 6.45) is 2.79. The molecule has 2 fully saturated rings. The largest absolute Gasteiger partial charge is 0.490 e. The van der Waals surface area contributed by atoms with Crippen molar-refractivity contribution in [3.05, 3.63) is 108 Å². The van der Waals surface area contributed by atoms with Crippen LogP contribution in [0.15, 0.2) is 91.5 Å². The zero-order chi connectivity index (χ0) is 70.9. The summed E-state index contributed by atoms with van der Waals surface area (Å²) in [7, 11) is 6.12. The highest BCUT2D eigenvalue weighted by Gasteiger charge is 2.45. The topological polar surface area (TPSA) is 310 Å². The number of carbonyl (C=O) groups is 9. The monoisotopic (exact) mass is 1340 g/mol. The van der Waals surface area contributed by atoms with Gasteiger partial charge in [0.05, 0.1) is 48.8 Å². The van der Waals surface area contributed by atoms with Crippen LogP contribution in [-0.2, 0) is 60.8 Å². The van der Waals surface area contributed by atoms with Crippen molar-refractivity contribution in [1.82, 2.24) is 40.9 Å². The molecule has 0 aromatic heterocycles. The van der Waals surface area contributed by atoms with Crippen molar-refractivity contribution in [2.24, 2.45) is 35.3 Å². The van der Waals surface area contributed by atoms with E-state index in [2.05, 4.69) is 33.2 Å². The molecule has 8 N–H and O–H groups in total. The van der Waals surface area contributed by atoms with Crippen LogP contribution in [0.25, 0.3) is 0 Å². The quantitative estimate of drug-likeness (QED) is 0.0221. The Morgan fingerprint density at radius 2 is 1.40 bits per heavy atom. The van der Waals surface area contributed by atoms with Crippen LogP contribution in [0.2, 0.25) is 0 Å². The van der Waals surface area contributed by atoms with Crippen LogP contribution in [0, 0.1) is 29.6 Å². The highest BCUT2D eigenvalue weighted by atomic mass is 16.6. The van der Waals surface area contributed by atoms with Gasteiger partial charge in [-0.3, -0.25) is 38.5 Å². The number of hydrogen-bond acceptors (Lipinski definition) is 14. The third-order valence-electron chi connectivity index (χ3n) is 18.7. The van der Waals surface area contributed by atoms with Crippen molar-refractivity contribution in [3.8, 4) is 5.75 Å². The predicted molar refractivity (Wildman–Crippen MR) is 367 cm³/mol. The molecule has 96 heavy (non-hydrogen) atoms. The van der Waals surface area contributed by atoms with E-state index in [1.54, 1.807) is 91.9 Å². The molecule has 5 rings (SSSR count). The lowest BCUT2D eigenvalue weighted by molar-refractivity contribution is -0.148. The average Bonchev–Trinajstić information content (AvgIpc) is 1.00. The van der Waals surface area contributed by atoms with E-state index in [1.165, 1.54) is 26.2 Å². The molecule has 2 aliphatic rings. The van der Waals surface area contributed by atoms with Crippen molar-refractivity contribution in [3.63, 3.8) is 0 Å². The van der Waals surface area contributed by atoms with E-state index in [0.717, 1.165) is 5.56 Å². The van der Waals surface area contributed by atoms with Gasteiger partial charge >= 0.3 is 12.1 Å². The van der Waals surface area contributed by atoms with Crippen LogP contribution in [0.3, 0.4) is 0 Å². The second-order valence-corrected chi connectivity index (χ2v) is 26.2. The zero-order valence-electron chi connectivity index (χ0n) is 58.7. The van der Waals surface area contributed by atoms with Gasteiger partial charge in [-0.25, -0.2) is 9.59 Å². The Bertz CT molecular complexity index is 3030. The molecule has 3 aromatic rings. The Kier molecular flexibility index (Phi) is 31.6. The number of hydrogen-bond donors (Lipinski definition) is 7. The molecule has 2 heterocycles. The first-order valence-corrected chi connectivity index (χ1v) is 33.9. The van der Waals surface area contributed by atoms with Crippen LogP contribution in [0.5, 0.6) is 5.75 Å². The Morgan fingerprint density at radius 3 is 1.99 bits per heavy atom. The summed E-state index contributed by atoms with van der Waals surface area (Å²) >= 11 is 0. The lowest BCUT2D eigenvalue weighted by atomic mass is 9.89. The van der Waals surface area contributed by atoms with Crippen LogP contribution < -0.4 is 37.1 Å². The minimum Gasteiger partial charge on any atom is -0.490 e. The molecule has 0 saturated carbocycles. The summed E-state index contributed by atoms with van der Waals surface area (Å²) in [4.78, 5) is 131. The van der Waals surface area contributed by atoms with E-state index in [-0.39, 0.29) is 55.6 Å². The fourth-order valence-electron chi connectivity index (χ4n) is 13.0. The molecular weight excluding hydrogens is 1230 g/mol. The summed E-state index contributed by atoms with van der Waals surface area (Å²) in [6, 6.07) is 16.8. The van der Waals surface area contributed by atoms with Gasteiger partial charge in [-0.05, 0) is 117 Å². The molecule has 0 bridgehead atoms. The predicted octanol–water partition coefficient (Wildman–Crippen LogP) is 7.28. The number of nitrogens with one attached hydrogen (secondary N) is 5.